The minimum atomic E-state index is -0.669. The van der Waals surface area contributed by atoms with E-state index in [-0.39, 0.29) is 11.8 Å². The average molecular weight is 459 g/mol. The second-order valence-electron chi connectivity index (χ2n) is 9.19. The maximum atomic E-state index is 12.8. The largest absolute Gasteiger partial charge is 0.482 e. The number of nitrogens with one attached hydrogen (secondary N) is 1. The van der Waals surface area contributed by atoms with Gasteiger partial charge < -0.3 is 19.7 Å². The van der Waals surface area contributed by atoms with Gasteiger partial charge in [-0.15, -0.1) is 0 Å². The number of nitrogens with zero attached hydrogens (tertiary/aromatic N) is 1. The van der Waals surface area contributed by atoms with E-state index >= 15 is 0 Å². The summed E-state index contributed by atoms with van der Waals surface area (Å²) in [5.41, 5.74) is 3.86. The van der Waals surface area contributed by atoms with Crippen molar-refractivity contribution in [3.05, 3.63) is 76.6 Å². The molecule has 3 heterocycles. The van der Waals surface area contributed by atoms with Crippen LogP contribution < -0.4 is 5.32 Å². The summed E-state index contributed by atoms with van der Waals surface area (Å²) >= 11 is 0. The number of anilines is 1. The molecule has 7 nitrogen and oxygen atoms in total. The highest BCUT2D eigenvalue weighted by molar-refractivity contribution is 6.32. The zero-order valence-electron chi connectivity index (χ0n) is 19.4. The van der Waals surface area contributed by atoms with Crippen molar-refractivity contribution in [3.63, 3.8) is 0 Å². The Bertz CT molecular complexity index is 1260. The van der Waals surface area contributed by atoms with E-state index in [9.17, 15) is 14.4 Å². The molecule has 2 aromatic rings. The van der Waals surface area contributed by atoms with Gasteiger partial charge in [0.25, 0.3) is 11.8 Å². The number of esters is 1. The predicted octanol–water partition coefficient (Wildman–Crippen LogP) is 4.26. The van der Waals surface area contributed by atoms with Gasteiger partial charge in [-0.05, 0) is 62.6 Å². The standard InChI is InChI=1S/C27H26N2O5/c1-27(2)20(16-6-8-17(9-7-16)25(31)29-12-4-5-13-29)15-22(34-27)23-19-11-10-18(26(32)33-3)14-21(19)28-24(23)30/h6-11,14-15H,4-5,12-13H2,1-3H3,(H,28,30). The first-order valence-corrected chi connectivity index (χ1v) is 11.4. The van der Waals surface area contributed by atoms with Crippen molar-refractivity contribution in [2.45, 2.75) is 32.3 Å². The Labute approximate surface area is 198 Å². The smallest absolute Gasteiger partial charge is 0.337 e. The number of rotatable bonds is 3. The van der Waals surface area contributed by atoms with E-state index in [1.807, 2.05) is 49.1 Å². The summed E-state index contributed by atoms with van der Waals surface area (Å²) in [6, 6.07) is 12.5. The molecule has 0 atom stereocenters. The van der Waals surface area contributed by atoms with E-state index in [1.165, 1.54) is 7.11 Å². The molecule has 2 aromatic carbocycles. The maximum absolute atomic E-state index is 12.8. The van der Waals surface area contributed by atoms with Crippen LogP contribution in [0.15, 0.2) is 54.3 Å². The first kappa shape index (κ1) is 21.9. The summed E-state index contributed by atoms with van der Waals surface area (Å²) in [6.07, 6.45) is 4.00. The third kappa shape index (κ3) is 3.67. The lowest BCUT2D eigenvalue weighted by molar-refractivity contribution is -0.111. The number of likely N-dealkylation sites (tertiary alicyclic amines) is 1. The molecule has 0 aromatic heterocycles. The molecule has 1 N–H and O–H groups in total. The van der Waals surface area contributed by atoms with Crippen LogP contribution in [0.2, 0.25) is 0 Å². The van der Waals surface area contributed by atoms with Crippen LogP contribution in [0, 0.1) is 0 Å². The second-order valence-corrected chi connectivity index (χ2v) is 9.19. The number of fused-ring (bicyclic) bond motifs is 1. The summed E-state index contributed by atoms with van der Waals surface area (Å²) in [5, 5.41) is 2.82. The quantitative estimate of drug-likeness (QED) is 0.549. The molecule has 0 radical (unpaired) electrons. The average Bonchev–Trinajstić information content (AvgIpc) is 3.54. The first-order chi connectivity index (χ1) is 16.3. The van der Waals surface area contributed by atoms with E-state index in [1.54, 1.807) is 18.2 Å². The molecule has 3 aliphatic rings. The van der Waals surface area contributed by atoms with Gasteiger partial charge >= 0.3 is 5.97 Å². The Balaban J connectivity index is 1.48. The van der Waals surface area contributed by atoms with Crippen molar-refractivity contribution < 1.29 is 23.9 Å². The maximum Gasteiger partial charge on any atom is 0.337 e. The number of ether oxygens (including phenoxy) is 2. The minimum Gasteiger partial charge on any atom is -0.482 e. The molecule has 0 spiro atoms. The third-order valence-corrected chi connectivity index (χ3v) is 6.56. The van der Waals surface area contributed by atoms with Crippen LogP contribution >= 0.6 is 0 Å². The highest BCUT2D eigenvalue weighted by atomic mass is 16.5. The summed E-state index contributed by atoms with van der Waals surface area (Å²) in [5.74, 6) is -0.218. The Morgan fingerprint density at radius 3 is 2.38 bits per heavy atom. The summed E-state index contributed by atoms with van der Waals surface area (Å²) in [6.45, 7) is 5.52. The molecule has 1 saturated heterocycles. The van der Waals surface area contributed by atoms with Crippen molar-refractivity contribution in [1.82, 2.24) is 4.90 Å². The van der Waals surface area contributed by atoms with Crippen molar-refractivity contribution >= 4 is 34.6 Å². The fourth-order valence-electron chi connectivity index (χ4n) is 4.78. The van der Waals surface area contributed by atoms with Crippen molar-refractivity contribution in [3.8, 4) is 0 Å². The van der Waals surface area contributed by atoms with Crippen LogP contribution in [0.4, 0.5) is 5.69 Å². The molecular formula is C27H26N2O5. The Hall–Kier alpha value is -3.87. The SMILES string of the molecule is COC(=O)c1ccc2c(c1)NC(=O)C2=C1C=C(c2ccc(C(=O)N3CCCC3)cc2)C(C)(C)O1. The highest BCUT2D eigenvalue weighted by Gasteiger charge is 2.38. The van der Waals surface area contributed by atoms with Gasteiger partial charge in [-0.2, -0.15) is 0 Å². The van der Waals surface area contributed by atoms with E-state index in [0.717, 1.165) is 37.1 Å². The van der Waals surface area contributed by atoms with Gasteiger partial charge in [0.2, 0.25) is 0 Å². The molecule has 1 fully saturated rings. The van der Waals surface area contributed by atoms with Crippen molar-refractivity contribution in [1.29, 1.82) is 0 Å². The Kier molecular flexibility index (Phi) is 5.27. The van der Waals surface area contributed by atoms with Crippen LogP contribution in [-0.2, 0) is 14.3 Å². The number of hydrogen-bond donors (Lipinski definition) is 1. The normalized spacial score (nSPS) is 20.5. The fourth-order valence-corrected chi connectivity index (χ4v) is 4.78. The number of carbonyl (C=O) groups excluding carboxylic acids is 3. The number of allylic oxidation sites excluding steroid dienone is 1. The molecule has 0 saturated carbocycles. The van der Waals surface area contributed by atoms with E-state index in [4.69, 9.17) is 9.47 Å². The zero-order valence-corrected chi connectivity index (χ0v) is 19.4. The van der Waals surface area contributed by atoms with Crippen LogP contribution in [0.1, 0.15) is 58.5 Å². The first-order valence-electron chi connectivity index (χ1n) is 11.4. The Morgan fingerprint density at radius 2 is 1.71 bits per heavy atom. The molecule has 2 amide bonds. The molecule has 174 valence electrons. The third-order valence-electron chi connectivity index (χ3n) is 6.56. The van der Waals surface area contributed by atoms with E-state index < -0.39 is 11.6 Å². The van der Waals surface area contributed by atoms with Gasteiger partial charge in [-0.3, -0.25) is 9.59 Å². The van der Waals surface area contributed by atoms with Crippen LogP contribution in [0.3, 0.4) is 0 Å². The van der Waals surface area contributed by atoms with Crippen molar-refractivity contribution in [2.75, 3.05) is 25.5 Å². The molecular weight excluding hydrogens is 432 g/mol. The minimum absolute atomic E-state index is 0.0633. The topological polar surface area (TPSA) is 84.9 Å². The zero-order chi connectivity index (χ0) is 24.0. The van der Waals surface area contributed by atoms with Crippen LogP contribution in [-0.4, -0.2) is 48.5 Å². The molecule has 0 unspecified atom stereocenters. The molecule has 0 bridgehead atoms. The number of carbonyl (C=O) groups is 3. The number of methoxy groups -OCH3 is 1. The monoisotopic (exact) mass is 458 g/mol. The lowest BCUT2D eigenvalue weighted by atomic mass is 9.91. The highest BCUT2D eigenvalue weighted by Crippen LogP contribution is 2.44. The number of amides is 2. The second kappa shape index (κ2) is 8.17. The van der Waals surface area contributed by atoms with E-state index in [2.05, 4.69) is 5.32 Å². The van der Waals surface area contributed by atoms with Gasteiger partial charge in [0.05, 0.1) is 23.9 Å². The number of hydrogen-bond acceptors (Lipinski definition) is 5. The lowest BCUT2D eigenvalue weighted by Gasteiger charge is -2.23. The van der Waals surface area contributed by atoms with Gasteiger partial charge in [-0.1, -0.05) is 18.2 Å². The lowest BCUT2D eigenvalue weighted by Crippen LogP contribution is -2.27. The fraction of sp³-hybridized carbons (Fsp3) is 0.296. The molecule has 34 heavy (non-hydrogen) atoms. The summed E-state index contributed by atoms with van der Waals surface area (Å²) < 4.78 is 11.0. The van der Waals surface area contributed by atoms with Gasteiger partial charge in [-0.25, -0.2) is 4.79 Å². The summed E-state index contributed by atoms with van der Waals surface area (Å²) in [7, 11) is 1.32. The van der Waals surface area contributed by atoms with Crippen LogP contribution in [0.25, 0.3) is 11.1 Å². The van der Waals surface area contributed by atoms with Crippen LogP contribution in [0.5, 0.6) is 0 Å². The Morgan fingerprint density at radius 1 is 1.03 bits per heavy atom. The predicted molar refractivity (Wildman–Crippen MR) is 128 cm³/mol. The summed E-state index contributed by atoms with van der Waals surface area (Å²) in [4.78, 5) is 39.3. The number of benzene rings is 2. The van der Waals surface area contributed by atoms with E-state index in [0.29, 0.717) is 33.7 Å². The molecule has 7 heteroatoms. The van der Waals surface area contributed by atoms with Crippen molar-refractivity contribution in [2.24, 2.45) is 0 Å². The molecule has 5 rings (SSSR count). The molecule has 0 aliphatic carbocycles. The van der Waals surface area contributed by atoms with Gasteiger partial charge in [0.15, 0.2) is 0 Å². The van der Waals surface area contributed by atoms with Gasteiger partial charge in [0, 0.05) is 29.8 Å². The van der Waals surface area contributed by atoms with Gasteiger partial charge in [0.1, 0.15) is 11.4 Å². The molecule has 3 aliphatic heterocycles.